The Morgan fingerprint density at radius 3 is 2.31 bits per heavy atom. The summed E-state index contributed by atoms with van der Waals surface area (Å²) in [6, 6.07) is 12.1. The molecule has 29 heavy (non-hydrogen) atoms. The predicted molar refractivity (Wildman–Crippen MR) is 106 cm³/mol. The second-order valence-electron chi connectivity index (χ2n) is 7.00. The number of amides is 3. The number of methoxy groups -OCH3 is 1. The summed E-state index contributed by atoms with van der Waals surface area (Å²) in [6.45, 7) is 0.0131. The zero-order chi connectivity index (χ0) is 20.7. The number of aromatic nitrogens is 2. The number of imide groups is 1. The molecule has 0 atom stereocenters. The van der Waals surface area contributed by atoms with Crippen LogP contribution in [0.2, 0.25) is 0 Å². The van der Waals surface area contributed by atoms with E-state index < -0.39 is 0 Å². The average Bonchev–Trinajstić information content (AvgIpc) is 3.18. The number of carbonyl (C=O) groups is 3. The first-order valence-electron chi connectivity index (χ1n) is 9.09. The van der Waals surface area contributed by atoms with Crippen LogP contribution in [-0.4, -0.2) is 58.3 Å². The van der Waals surface area contributed by atoms with Gasteiger partial charge in [-0.25, -0.2) is 4.98 Å². The number of hydrogen-bond donors (Lipinski definition) is 0. The summed E-state index contributed by atoms with van der Waals surface area (Å²) in [5.41, 5.74) is 2.12. The van der Waals surface area contributed by atoms with Crippen molar-refractivity contribution in [3.63, 3.8) is 0 Å². The summed E-state index contributed by atoms with van der Waals surface area (Å²) in [5, 5.41) is 0. The molecule has 0 aliphatic carbocycles. The van der Waals surface area contributed by atoms with Crippen molar-refractivity contribution in [1.82, 2.24) is 19.4 Å². The van der Waals surface area contributed by atoms with Gasteiger partial charge in [0.05, 0.1) is 35.8 Å². The lowest BCUT2D eigenvalue weighted by Crippen LogP contribution is -2.32. The zero-order valence-electron chi connectivity index (χ0n) is 16.4. The molecule has 8 heteroatoms. The molecule has 0 fully saturated rings. The lowest BCUT2D eigenvalue weighted by Gasteiger charge is -2.17. The van der Waals surface area contributed by atoms with Gasteiger partial charge in [-0.15, -0.1) is 0 Å². The molecule has 0 radical (unpaired) electrons. The Labute approximate surface area is 167 Å². The van der Waals surface area contributed by atoms with Crippen molar-refractivity contribution in [2.24, 2.45) is 0 Å². The van der Waals surface area contributed by atoms with Crippen molar-refractivity contribution >= 4 is 28.8 Å². The molecule has 2 aromatic carbocycles. The van der Waals surface area contributed by atoms with E-state index in [0.29, 0.717) is 33.7 Å². The van der Waals surface area contributed by atoms with Crippen LogP contribution < -0.4 is 4.74 Å². The Kier molecular flexibility index (Phi) is 4.54. The van der Waals surface area contributed by atoms with E-state index in [2.05, 4.69) is 4.98 Å². The molecule has 1 aromatic heterocycles. The first-order valence-corrected chi connectivity index (χ1v) is 9.09. The van der Waals surface area contributed by atoms with E-state index in [4.69, 9.17) is 4.74 Å². The molecular weight excluding hydrogens is 372 g/mol. The molecule has 3 aromatic rings. The second-order valence-corrected chi connectivity index (χ2v) is 7.00. The van der Waals surface area contributed by atoms with Gasteiger partial charge in [0.1, 0.15) is 18.1 Å². The number of fused-ring (bicyclic) bond motifs is 2. The predicted octanol–water partition coefficient (Wildman–Crippen LogP) is 1.93. The second kappa shape index (κ2) is 7.05. The largest absolute Gasteiger partial charge is 0.497 e. The van der Waals surface area contributed by atoms with E-state index in [1.54, 1.807) is 68.2 Å². The van der Waals surface area contributed by atoms with E-state index in [0.717, 1.165) is 0 Å². The van der Waals surface area contributed by atoms with E-state index >= 15 is 0 Å². The lowest BCUT2D eigenvalue weighted by atomic mass is 10.1. The summed E-state index contributed by atoms with van der Waals surface area (Å²) in [4.78, 5) is 45.1. The van der Waals surface area contributed by atoms with E-state index in [1.807, 2.05) is 0 Å². The van der Waals surface area contributed by atoms with Crippen LogP contribution in [0.5, 0.6) is 5.75 Å². The van der Waals surface area contributed by atoms with Gasteiger partial charge in [-0.3, -0.25) is 19.3 Å². The maximum Gasteiger partial charge on any atom is 0.261 e. The van der Waals surface area contributed by atoms with Crippen molar-refractivity contribution in [3.05, 3.63) is 59.4 Å². The van der Waals surface area contributed by atoms with E-state index in [9.17, 15) is 14.4 Å². The van der Waals surface area contributed by atoms with E-state index in [-0.39, 0.29) is 30.8 Å². The summed E-state index contributed by atoms with van der Waals surface area (Å²) in [6.07, 6.45) is 0. The highest BCUT2D eigenvalue weighted by molar-refractivity contribution is 6.21. The van der Waals surface area contributed by atoms with Gasteiger partial charge < -0.3 is 14.2 Å². The molecular formula is C21H20N4O4. The molecule has 4 rings (SSSR count). The normalized spacial score (nSPS) is 13.1. The molecule has 2 heterocycles. The van der Waals surface area contributed by atoms with Gasteiger partial charge in [-0.2, -0.15) is 0 Å². The minimum atomic E-state index is -0.360. The number of carbonyl (C=O) groups excluding carboxylic acids is 3. The average molecular weight is 392 g/mol. The highest BCUT2D eigenvalue weighted by Gasteiger charge is 2.36. The van der Waals surface area contributed by atoms with Gasteiger partial charge in [-0.05, 0) is 24.3 Å². The van der Waals surface area contributed by atoms with Crippen LogP contribution >= 0.6 is 0 Å². The molecule has 0 spiro atoms. The molecule has 3 amide bonds. The smallest absolute Gasteiger partial charge is 0.261 e. The van der Waals surface area contributed by atoms with Crippen molar-refractivity contribution in [3.8, 4) is 5.75 Å². The monoisotopic (exact) mass is 392 g/mol. The molecule has 148 valence electrons. The third-order valence-electron chi connectivity index (χ3n) is 5.00. The number of hydrogen-bond acceptors (Lipinski definition) is 5. The van der Waals surface area contributed by atoms with Gasteiger partial charge in [0.25, 0.3) is 11.8 Å². The van der Waals surface area contributed by atoms with Crippen molar-refractivity contribution in [2.45, 2.75) is 13.1 Å². The van der Waals surface area contributed by atoms with E-state index in [1.165, 1.54) is 9.80 Å². The minimum Gasteiger partial charge on any atom is -0.497 e. The zero-order valence-corrected chi connectivity index (χ0v) is 16.4. The molecule has 1 aliphatic rings. The number of rotatable bonds is 5. The van der Waals surface area contributed by atoms with Crippen molar-refractivity contribution < 1.29 is 19.1 Å². The maximum atomic E-state index is 12.7. The fourth-order valence-electron chi connectivity index (χ4n) is 3.38. The molecule has 1 aliphatic heterocycles. The van der Waals surface area contributed by atoms with Crippen molar-refractivity contribution in [1.29, 1.82) is 0 Å². The fraction of sp³-hybridized carbons (Fsp3) is 0.238. The van der Waals surface area contributed by atoms with Crippen LogP contribution in [0, 0.1) is 0 Å². The summed E-state index contributed by atoms with van der Waals surface area (Å²) in [7, 11) is 4.91. The quantitative estimate of drug-likeness (QED) is 0.620. The number of likely N-dealkylation sites (N-methyl/N-ethyl adjacent to an activating group) is 1. The fourth-order valence-corrected chi connectivity index (χ4v) is 3.38. The maximum absolute atomic E-state index is 12.7. The Hall–Kier alpha value is -3.68. The van der Waals surface area contributed by atoms with Gasteiger partial charge in [0.2, 0.25) is 5.91 Å². The molecule has 0 saturated heterocycles. The number of nitrogens with zero attached hydrogens (tertiary/aromatic N) is 4. The first-order chi connectivity index (χ1) is 13.9. The SMILES string of the molecule is COc1ccc2nc(CN3C(=O)c4ccccc4C3=O)n(CC(=O)N(C)C)c2c1. The van der Waals surface area contributed by atoms with Crippen LogP contribution in [0.4, 0.5) is 0 Å². The number of benzene rings is 2. The number of imidazole rings is 1. The van der Waals surface area contributed by atoms with Crippen LogP contribution in [0.3, 0.4) is 0 Å². The molecule has 0 bridgehead atoms. The highest BCUT2D eigenvalue weighted by Crippen LogP contribution is 2.27. The summed E-state index contributed by atoms with van der Waals surface area (Å²) < 4.78 is 7.02. The third-order valence-corrected chi connectivity index (χ3v) is 5.00. The Morgan fingerprint density at radius 1 is 1.07 bits per heavy atom. The minimum absolute atomic E-state index is 0.0238. The Morgan fingerprint density at radius 2 is 1.72 bits per heavy atom. The highest BCUT2D eigenvalue weighted by atomic mass is 16.5. The standard InChI is InChI=1S/C21H20N4O4/c1-23(2)19(26)12-24-17-10-13(29-3)8-9-16(17)22-18(24)11-25-20(27)14-6-4-5-7-15(14)21(25)28/h4-10H,11-12H2,1-3H3. The van der Waals surface area contributed by atoms with Gasteiger partial charge >= 0.3 is 0 Å². The van der Waals surface area contributed by atoms with Crippen molar-refractivity contribution in [2.75, 3.05) is 21.2 Å². The van der Waals surface area contributed by atoms with Crippen LogP contribution in [0.1, 0.15) is 26.5 Å². The summed E-state index contributed by atoms with van der Waals surface area (Å²) >= 11 is 0. The Balaban J connectivity index is 1.76. The molecule has 0 N–H and O–H groups in total. The third kappa shape index (κ3) is 3.12. The van der Waals surface area contributed by atoms with Crippen LogP contribution in [0.15, 0.2) is 42.5 Å². The van der Waals surface area contributed by atoms with Gasteiger partial charge in [0, 0.05) is 20.2 Å². The molecule has 0 saturated carbocycles. The molecule has 8 nitrogen and oxygen atoms in total. The summed E-state index contributed by atoms with van der Waals surface area (Å²) in [5.74, 6) is 0.235. The molecule has 0 unspecified atom stereocenters. The van der Waals surface area contributed by atoms with Gasteiger partial charge in [-0.1, -0.05) is 12.1 Å². The van der Waals surface area contributed by atoms with Gasteiger partial charge in [0.15, 0.2) is 0 Å². The topological polar surface area (TPSA) is 84.7 Å². The first kappa shape index (κ1) is 18.7. The van der Waals surface area contributed by atoms with Crippen LogP contribution in [-0.2, 0) is 17.9 Å². The van der Waals surface area contributed by atoms with Crippen LogP contribution in [0.25, 0.3) is 11.0 Å². The Bertz CT molecular complexity index is 1110. The lowest BCUT2D eigenvalue weighted by molar-refractivity contribution is -0.129. The number of ether oxygens (including phenoxy) is 1.